The molecule has 2 aromatic heterocycles. The molecule has 3 rings (SSSR count). The Kier molecular flexibility index (Phi) is 7.11. The molecule has 31 heavy (non-hydrogen) atoms. The third-order valence-electron chi connectivity index (χ3n) is 5.31. The van der Waals surface area contributed by atoms with E-state index in [0.29, 0.717) is 42.5 Å². The highest BCUT2D eigenvalue weighted by Crippen LogP contribution is 2.22. The SMILES string of the molecule is CCOC(=O)c1c(C)[nH]c(/C(C)=N/Nc2ccc(S(=O)(=O)N3CCCCC3)cn2)c1C. The lowest BCUT2D eigenvalue weighted by Crippen LogP contribution is -2.35. The molecule has 168 valence electrons. The summed E-state index contributed by atoms with van der Waals surface area (Å²) in [5.41, 5.74) is 6.18. The molecule has 0 atom stereocenters. The zero-order valence-corrected chi connectivity index (χ0v) is 19.2. The van der Waals surface area contributed by atoms with Crippen molar-refractivity contribution >= 4 is 27.5 Å². The molecule has 0 aromatic carbocycles. The normalized spacial score (nSPS) is 15.7. The van der Waals surface area contributed by atoms with Gasteiger partial charge in [0.15, 0.2) is 0 Å². The van der Waals surface area contributed by atoms with Crippen LogP contribution in [0, 0.1) is 13.8 Å². The number of H-pyrrole nitrogens is 1. The summed E-state index contributed by atoms with van der Waals surface area (Å²) in [6.07, 6.45) is 4.18. The van der Waals surface area contributed by atoms with Crippen LogP contribution in [0.5, 0.6) is 0 Å². The molecule has 0 bridgehead atoms. The number of esters is 1. The first-order valence-electron chi connectivity index (χ1n) is 10.4. The van der Waals surface area contributed by atoms with Gasteiger partial charge in [0.25, 0.3) is 0 Å². The molecular weight excluding hydrogens is 418 g/mol. The summed E-state index contributed by atoms with van der Waals surface area (Å²) in [7, 11) is -3.52. The number of sulfonamides is 1. The Bertz CT molecular complexity index is 1070. The molecule has 0 spiro atoms. The standard InChI is InChI=1S/C21H29N5O4S/c1-5-30-21(27)19-14(2)20(23-15(19)3)16(4)24-25-18-10-9-17(13-22-18)31(28,29)26-11-7-6-8-12-26/h9-10,13,23H,5-8,11-12H2,1-4H3,(H,22,25)/b24-16+. The van der Waals surface area contributed by atoms with Gasteiger partial charge in [-0.25, -0.2) is 18.2 Å². The number of aryl methyl sites for hydroxylation is 1. The van der Waals surface area contributed by atoms with Gasteiger partial charge in [0.05, 0.1) is 23.6 Å². The highest BCUT2D eigenvalue weighted by molar-refractivity contribution is 7.89. The molecule has 0 radical (unpaired) electrons. The molecule has 1 saturated heterocycles. The Balaban J connectivity index is 1.74. The molecule has 3 heterocycles. The zero-order chi connectivity index (χ0) is 22.6. The second-order valence-corrected chi connectivity index (χ2v) is 9.44. The van der Waals surface area contributed by atoms with Crippen LogP contribution in [0.1, 0.15) is 60.4 Å². The first kappa shape index (κ1) is 23.0. The second kappa shape index (κ2) is 9.61. The van der Waals surface area contributed by atoms with Crippen LogP contribution in [-0.4, -0.2) is 54.1 Å². The number of rotatable bonds is 7. The number of hydrazone groups is 1. The molecule has 10 heteroatoms. The Hall–Kier alpha value is -2.72. The molecule has 0 saturated carbocycles. The van der Waals surface area contributed by atoms with Gasteiger partial charge in [0, 0.05) is 25.0 Å². The van der Waals surface area contributed by atoms with Crippen molar-refractivity contribution in [3.63, 3.8) is 0 Å². The van der Waals surface area contributed by atoms with Crippen molar-refractivity contribution in [2.45, 2.75) is 51.9 Å². The van der Waals surface area contributed by atoms with Crippen molar-refractivity contribution in [2.24, 2.45) is 5.10 Å². The minimum Gasteiger partial charge on any atom is -0.462 e. The van der Waals surface area contributed by atoms with Crippen molar-refractivity contribution in [3.8, 4) is 0 Å². The number of nitrogens with one attached hydrogen (secondary N) is 2. The number of anilines is 1. The molecule has 1 aliphatic rings. The number of hydrogen-bond donors (Lipinski definition) is 2. The maximum absolute atomic E-state index is 12.7. The van der Waals surface area contributed by atoms with E-state index in [4.69, 9.17) is 4.74 Å². The molecule has 1 fully saturated rings. The third kappa shape index (κ3) is 4.96. The fourth-order valence-electron chi connectivity index (χ4n) is 3.67. The Labute approximate surface area is 183 Å². The number of aromatic nitrogens is 2. The molecule has 1 aliphatic heterocycles. The smallest absolute Gasteiger partial charge is 0.340 e. The van der Waals surface area contributed by atoms with Gasteiger partial charge in [-0.15, -0.1) is 0 Å². The van der Waals surface area contributed by atoms with Crippen LogP contribution in [0.25, 0.3) is 0 Å². The van der Waals surface area contributed by atoms with E-state index in [2.05, 4.69) is 20.5 Å². The van der Waals surface area contributed by atoms with Crippen LogP contribution in [-0.2, 0) is 14.8 Å². The summed E-state index contributed by atoms with van der Waals surface area (Å²) < 4.78 is 32.1. The maximum atomic E-state index is 12.7. The lowest BCUT2D eigenvalue weighted by atomic mass is 10.1. The number of aromatic amines is 1. The predicted molar refractivity (Wildman–Crippen MR) is 119 cm³/mol. The van der Waals surface area contributed by atoms with Gasteiger partial charge in [0.1, 0.15) is 10.7 Å². The summed E-state index contributed by atoms with van der Waals surface area (Å²) in [4.78, 5) is 19.7. The predicted octanol–water partition coefficient (Wildman–Crippen LogP) is 3.21. The second-order valence-electron chi connectivity index (χ2n) is 7.50. The highest BCUT2D eigenvalue weighted by atomic mass is 32.2. The van der Waals surface area contributed by atoms with Gasteiger partial charge in [0.2, 0.25) is 10.0 Å². The van der Waals surface area contributed by atoms with E-state index in [1.165, 1.54) is 16.6 Å². The van der Waals surface area contributed by atoms with E-state index in [1.807, 2.05) is 13.8 Å². The summed E-state index contributed by atoms with van der Waals surface area (Å²) in [5.74, 6) is 0.0522. The van der Waals surface area contributed by atoms with E-state index in [-0.39, 0.29) is 10.9 Å². The monoisotopic (exact) mass is 447 g/mol. The maximum Gasteiger partial charge on any atom is 0.340 e. The number of carbonyl (C=O) groups excluding carboxylic acids is 1. The Morgan fingerprint density at radius 3 is 2.58 bits per heavy atom. The van der Waals surface area contributed by atoms with Gasteiger partial charge in [-0.05, 0) is 58.2 Å². The molecule has 9 nitrogen and oxygen atoms in total. The number of piperidine rings is 1. The lowest BCUT2D eigenvalue weighted by Gasteiger charge is -2.25. The number of ether oxygens (including phenoxy) is 1. The van der Waals surface area contributed by atoms with Crippen LogP contribution in [0.15, 0.2) is 28.3 Å². The first-order chi connectivity index (χ1) is 14.8. The molecule has 0 unspecified atom stereocenters. The van der Waals surface area contributed by atoms with Crippen LogP contribution >= 0.6 is 0 Å². The van der Waals surface area contributed by atoms with Crippen molar-refractivity contribution in [3.05, 3.63) is 40.8 Å². The highest BCUT2D eigenvalue weighted by Gasteiger charge is 2.26. The molecule has 0 amide bonds. The molecule has 2 aromatic rings. The van der Waals surface area contributed by atoms with Crippen LogP contribution in [0.2, 0.25) is 0 Å². The zero-order valence-electron chi connectivity index (χ0n) is 18.4. The van der Waals surface area contributed by atoms with Crippen molar-refractivity contribution in [1.29, 1.82) is 0 Å². The Morgan fingerprint density at radius 2 is 1.97 bits per heavy atom. The van der Waals surface area contributed by atoms with E-state index in [9.17, 15) is 13.2 Å². The van der Waals surface area contributed by atoms with Gasteiger partial charge < -0.3 is 9.72 Å². The van der Waals surface area contributed by atoms with Crippen LogP contribution < -0.4 is 5.43 Å². The Morgan fingerprint density at radius 1 is 1.26 bits per heavy atom. The van der Waals surface area contributed by atoms with Crippen molar-refractivity contribution in [2.75, 3.05) is 25.1 Å². The minimum absolute atomic E-state index is 0.176. The summed E-state index contributed by atoms with van der Waals surface area (Å²) >= 11 is 0. The number of pyridine rings is 1. The van der Waals surface area contributed by atoms with Gasteiger partial charge in [-0.1, -0.05) is 6.42 Å². The minimum atomic E-state index is -3.52. The summed E-state index contributed by atoms with van der Waals surface area (Å²) in [6, 6.07) is 3.12. The van der Waals surface area contributed by atoms with E-state index in [0.717, 1.165) is 30.5 Å². The number of hydrogen-bond acceptors (Lipinski definition) is 7. The molecule has 0 aliphatic carbocycles. The number of nitrogens with zero attached hydrogens (tertiary/aromatic N) is 3. The summed E-state index contributed by atoms with van der Waals surface area (Å²) in [6.45, 7) is 8.62. The van der Waals surface area contributed by atoms with Gasteiger partial charge >= 0.3 is 5.97 Å². The molecule has 2 N–H and O–H groups in total. The van der Waals surface area contributed by atoms with Gasteiger partial charge in [-0.2, -0.15) is 9.41 Å². The largest absolute Gasteiger partial charge is 0.462 e. The molecular formula is C21H29N5O4S. The fourth-order valence-corrected chi connectivity index (χ4v) is 5.13. The summed E-state index contributed by atoms with van der Waals surface area (Å²) in [5, 5.41) is 4.33. The van der Waals surface area contributed by atoms with E-state index >= 15 is 0 Å². The van der Waals surface area contributed by atoms with E-state index in [1.54, 1.807) is 19.9 Å². The number of carbonyl (C=O) groups is 1. The van der Waals surface area contributed by atoms with Crippen LogP contribution in [0.3, 0.4) is 0 Å². The van der Waals surface area contributed by atoms with E-state index < -0.39 is 10.0 Å². The third-order valence-corrected chi connectivity index (χ3v) is 7.19. The van der Waals surface area contributed by atoms with Gasteiger partial charge in [-0.3, -0.25) is 5.43 Å². The first-order valence-corrected chi connectivity index (χ1v) is 11.8. The van der Waals surface area contributed by atoms with Crippen molar-refractivity contribution < 1.29 is 17.9 Å². The lowest BCUT2D eigenvalue weighted by molar-refractivity contribution is 0.0525. The topological polar surface area (TPSA) is 117 Å². The van der Waals surface area contributed by atoms with Crippen molar-refractivity contribution in [1.82, 2.24) is 14.3 Å². The quantitative estimate of drug-likeness (QED) is 0.382. The average Bonchev–Trinajstić information content (AvgIpc) is 3.07. The van der Waals surface area contributed by atoms with Crippen LogP contribution in [0.4, 0.5) is 5.82 Å². The fraction of sp³-hybridized carbons (Fsp3) is 0.476. The average molecular weight is 448 g/mol.